The van der Waals surface area contributed by atoms with Crippen molar-refractivity contribution < 1.29 is 9.53 Å². The van der Waals surface area contributed by atoms with Gasteiger partial charge in [0, 0.05) is 25.7 Å². The van der Waals surface area contributed by atoms with Crippen LogP contribution in [0, 0.1) is 0 Å². The lowest BCUT2D eigenvalue weighted by Gasteiger charge is -2.35. The highest BCUT2D eigenvalue weighted by Crippen LogP contribution is 2.17. The zero-order valence-electron chi connectivity index (χ0n) is 13.2. The number of rotatable bonds is 6. The van der Waals surface area contributed by atoms with Crippen molar-refractivity contribution in [2.24, 2.45) is 0 Å². The van der Waals surface area contributed by atoms with E-state index >= 15 is 0 Å². The van der Waals surface area contributed by atoms with Crippen molar-refractivity contribution in [3.63, 3.8) is 0 Å². The van der Waals surface area contributed by atoms with Gasteiger partial charge in [-0.3, -0.25) is 4.79 Å². The predicted molar refractivity (Wildman–Crippen MR) is 78.2 cm³/mol. The Labute approximate surface area is 117 Å². The minimum atomic E-state index is -0.385. The lowest BCUT2D eigenvalue weighted by atomic mass is 10.0. The molecule has 4 heteroatoms. The first-order valence-corrected chi connectivity index (χ1v) is 7.44. The van der Waals surface area contributed by atoms with Crippen LogP contribution in [0.25, 0.3) is 0 Å². The first-order chi connectivity index (χ1) is 8.85. The molecule has 1 aliphatic heterocycles. The summed E-state index contributed by atoms with van der Waals surface area (Å²) in [6.45, 7) is 9.98. The van der Waals surface area contributed by atoms with Crippen LogP contribution in [0.4, 0.5) is 0 Å². The lowest BCUT2D eigenvalue weighted by Crippen LogP contribution is -2.49. The quantitative estimate of drug-likeness (QED) is 0.804. The highest BCUT2D eigenvalue weighted by Gasteiger charge is 2.28. The molecule has 0 aromatic rings. The van der Waals surface area contributed by atoms with E-state index in [1.807, 2.05) is 18.7 Å². The Balaban J connectivity index is 2.58. The summed E-state index contributed by atoms with van der Waals surface area (Å²) in [5, 5.41) is 3.51. The van der Waals surface area contributed by atoms with E-state index in [0.717, 1.165) is 13.1 Å². The molecule has 1 fully saturated rings. The van der Waals surface area contributed by atoms with Crippen LogP contribution < -0.4 is 5.32 Å². The van der Waals surface area contributed by atoms with E-state index in [4.69, 9.17) is 4.74 Å². The largest absolute Gasteiger partial charge is 0.378 e. The molecule has 0 aromatic carbocycles. The van der Waals surface area contributed by atoms with Gasteiger partial charge in [-0.25, -0.2) is 0 Å². The van der Waals surface area contributed by atoms with E-state index in [2.05, 4.69) is 19.2 Å². The number of nitrogens with one attached hydrogen (secondary N) is 1. The third-order valence-electron chi connectivity index (χ3n) is 3.90. The fourth-order valence-corrected chi connectivity index (χ4v) is 2.46. The maximum atomic E-state index is 12.5. The van der Waals surface area contributed by atoms with Gasteiger partial charge < -0.3 is 15.0 Å². The van der Waals surface area contributed by atoms with Crippen LogP contribution in [0.1, 0.15) is 53.4 Å². The smallest absolute Gasteiger partial charge is 0.225 e. The Morgan fingerprint density at radius 2 is 2.11 bits per heavy atom. The number of nitrogens with zero attached hydrogens (tertiary/aromatic N) is 1. The third kappa shape index (κ3) is 5.49. The summed E-state index contributed by atoms with van der Waals surface area (Å²) >= 11 is 0. The maximum Gasteiger partial charge on any atom is 0.225 e. The highest BCUT2D eigenvalue weighted by atomic mass is 16.5. The van der Waals surface area contributed by atoms with Crippen LogP contribution in [0.15, 0.2) is 0 Å². The second kappa shape index (κ2) is 7.25. The lowest BCUT2D eigenvalue weighted by molar-refractivity contribution is -0.138. The molecular weight excluding hydrogens is 240 g/mol. The predicted octanol–water partition coefficient (Wildman–Crippen LogP) is 2.18. The van der Waals surface area contributed by atoms with Crippen LogP contribution in [0.3, 0.4) is 0 Å². The molecule has 1 aliphatic rings. The minimum absolute atomic E-state index is 0.189. The second-order valence-corrected chi connectivity index (χ2v) is 6.43. The highest BCUT2D eigenvalue weighted by molar-refractivity contribution is 5.77. The van der Waals surface area contributed by atoms with Gasteiger partial charge in [0.25, 0.3) is 0 Å². The molecular formula is C15H30N2O2. The molecule has 0 spiro atoms. The molecule has 0 saturated carbocycles. The average Bonchev–Trinajstić information content (AvgIpc) is 2.36. The fourth-order valence-electron chi connectivity index (χ4n) is 2.46. The molecule has 1 saturated heterocycles. The van der Waals surface area contributed by atoms with E-state index in [0.29, 0.717) is 12.5 Å². The van der Waals surface area contributed by atoms with Gasteiger partial charge in [0.05, 0.1) is 12.0 Å². The monoisotopic (exact) mass is 270 g/mol. The molecule has 0 aliphatic carbocycles. The van der Waals surface area contributed by atoms with Gasteiger partial charge in [-0.2, -0.15) is 0 Å². The SMILES string of the molecule is COC(C)(C)CC(=O)N(CC1CCCCN1)C(C)C. The summed E-state index contributed by atoms with van der Waals surface area (Å²) in [5.74, 6) is 0.189. The molecule has 1 unspecified atom stereocenters. The van der Waals surface area contributed by atoms with E-state index in [9.17, 15) is 4.79 Å². The summed E-state index contributed by atoms with van der Waals surface area (Å²) in [6.07, 6.45) is 4.13. The molecule has 0 aromatic heterocycles. The Morgan fingerprint density at radius 1 is 1.42 bits per heavy atom. The molecule has 1 rings (SSSR count). The topological polar surface area (TPSA) is 41.6 Å². The van der Waals surface area contributed by atoms with Gasteiger partial charge in [0.15, 0.2) is 0 Å². The zero-order valence-corrected chi connectivity index (χ0v) is 13.2. The van der Waals surface area contributed by atoms with Crippen molar-refractivity contribution in [3.8, 4) is 0 Å². The third-order valence-corrected chi connectivity index (χ3v) is 3.90. The molecule has 112 valence electrons. The number of carbonyl (C=O) groups is 1. The Kier molecular flexibility index (Phi) is 6.27. The van der Waals surface area contributed by atoms with Gasteiger partial charge in [0.2, 0.25) is 5.91 Å². The van der Waals surface area contributed by atoms with Crippen LogP contribution in [-0.4, -0.2) is 48.7 Å². The van der Waals surface area contributed by atoms with Crippen LogP contribution in [0.5, 0.6) is 0 Å². The second-order valence-electron chi connectivity index (χ2n) is 6.43. The molecule has 0 radical (unpaired) electrons. The summed E-state index contributed by atoms with van der Waals surface area (Å²) < 4.78 is 5.37. The number of carbonyl (C=O) groups excluding carboxylic acids is 1. The van der Waals surface area contributed by atoms with Gasteiger partial charge >= 0.3 is 0 Å². The number of piperidine rings is 1. The van der Waals surface area contributed by atoms with Crippen LogP contribution >= 0.6 is 0 Å². The summed E-state index contributed by atoms with van der Waals surface area (Å²) in [6, 6.07) is 0.689. The standard InChI is InChI=1S/C15H30N2O2/c1-12(2)17(11-13-8-6-7-9-16-13)14(18)10-15(3,4)19-5/h12-13,16H,6-11H2,1-5H3. The van der Waals surface area contributed by atoms with Crippen LogP contribution in [0.2, 0.25) is 0 Å². The number of hydrogen-bond donors (Lipinski definition) is 1. The first kappa shape index (κ1) is 16.4. The molecule has 1 N–H and O–H groups in total. The van der Waals surface area contributed by atoms with E-state index in [-0.39, 0.29) is 17.6 Å². The Bertz CT molecular complexity index is 284. The van der Waals surface area contributed by atoms with E-state index in [1.54, 1.807) is 7.11 Å². The molecule has 19 heavy (non-hydrogen) atoms. The zero-order chi connectivity index (χ0) is 14.5. The van der Waals surface area contributed by atoms with E-state index in [1.165, 1.54) is 19.3 Å². The molecule has 1 heterocycles. The normalized spacial score (nSPS) is 20.6. The molecule has 1 atom stereocenters. The van der Waals surface area contributed by atoms with Crippen molar-refractivity contribution in [2.45, 2.75) is 71.1 Å². The summed E-state index contributed by atoms with van der Waals surface area (Å²) in [7, 11) is 1.66. The van der Waals surface area contributed by atoms with Gasteiger partial charge in [0.1, 0.15) is 0 Å². The number of ether oxygens (including phenoxy) is 1. The molecule has 4 nitrogen and oxygen atoms in total. The minimum Gasteiger partial charge on any atom is -0.378 e. The van der Waals surface area contributed by atoms with E-state index < -0.39 is 0 Å². The molecule has 1 amide bonds. The van der Waals surface area contributed by atoms with Crippen molar-refractivity contribution in [3.05, 3.63) is 0 Å². The number of methoxy groups -OCH3 is 1. The van der Waals surface area contributed by atoms with Gasteiger partial charge in [-0.05, 0) is 47.1 Å². The first-order valence-electron chi connectivity index (χ1n) is 7.44. The fraction of sp³-hybridized carbons (Fsp3) is 0.933. The molecule has 0 bridgehead atoms. The van der Waals surface area contributed by atoms with Crippen LogP contribution in [-0.2, 0) is 9.53 Å². The van der Waals surface area contributed by atoms with Crippen molar-refractivity contribution in [2.75, 3.05) is 20.2 Å². The summed E-state index contributed by atoms with van der Waals surface area (Å²) in [5.41, 5.74) is -0.385. The van der Waals surface area contributed by atoms with Gasteiger partial charge in [-0.1, -0.05) is 6.42 Å². The number of hydrogen-bond acceptors (Lipinski definition) is 3. The maximum absolute atomic E-state index is 12.5. The van der Waals surface area contributed by atoms with Crippen molar-refractivity contribution >= 4 is 5.91 Å². The van der Waals surface area contributed by atoms with Crippen molar-refractivity contribution in [1.29, 1.82) is 0 Å². The van der Waals surface area contributed by atoms with Gasteiger partial charge in [-0.15, -0.1) is 0 Å². The number of amides is 1. The Hall–Kier alpha value is -0.610. The van der Waals surface area contributed by atoms with Crippen molar-refractivity contribution in [1.82, 2.24) is 10.2 Å². The average molecular weight is 270 g/mol. The summed E-state index contributed by atoms with van der Waals surface area (Å²) in [4.78, 5) is 14.4. The Morgan fingerprint density at radius 3 is 2.58 bits per heavy atom.